The molecule has 1 N–H and O–H groups in total. The van der Waals surface area contributed by atoms with Crippen LogP contribution >= 0.6 is 0 Å². The van der Waals surface area contributed by atoms with Crippen molar-refractivity contribution in [2.24, 2.45) is 0 Å². The molecule has 0 heterocycles. The SMILES string of the molecule is COc1c(C(=O)NC2CCCC2)cc(C(C)C)cc1[N+](=O)[O-]. The highest BCUT2D eigenvalue weighted by Crippen LogP contribution is 2.35. The van der Waals surface area contributed by atoms with E-state index in [0.717, 1.165) is 31.2 Å². The number of nitrogens with one attached hydrogen (secondary N) is 1. The number of methoxy groups -OCH3 is 1. The fourth-order valence-corrected chi connectivity index (χ4v) is 2.82. The number of carbonyl (C=O) groups is 1. The van der Waals surface area contributed by atoms with E-state index in [1.807, 2.05) is 13.8 Å². The summed E-state index contributed by atoms with van der Waals surface area (Å²) in [5, 5.41) is 14.2. The van der Waals surface area contributed by atoms with Crippen LogP contribution in [0, 0.1) is 10.1 Å². The molecule has 0 spiro atoms. The Morgan fingerprint density at radius 1 is 1.36 bits per heavy atom. The summed E-state index contributed by atoms with van der Waals surface area (Å²) < 4.78 is 5.16. The van der Waals surface area contributed by atoms with Gasteiger partial charge in [-0.25, -0.2) is 0 Å². The minimum Gasteiger partial charge on any atom is -0.490 e. The third-order valence-electron chi connectivity index (χ3n) is 4.09. The van der Waals surface area contributed by atoms with Crippen LogP contribution in [-0.2, 0) is 0 Å². The van der Waals surface area contributed by atoms with Gasteiger partial charge in [0.05, 0.1) is 17.6 Å². The molecule has 0 aliphatic heterocycles. The third kappa shape index (κ3) is 3.37. The molecule has 0 radical (unpaired) electrons. The van der Waals surface area contributed by atoms with E-state index in [0.29, 0.717) is 0 Å². The molecule has 6 nitrogen and oxygen atoms in total. The number of carbonyl (C=O) groups excluding carboxylic acids is 1. The van der Waals surface area contributed by atoms with Crippen LogP contribution in [0.15, 0.2) is 12.1 Å². The molecule has 1 amide bonds. The molecule has 0 bridgehead atoms. The van der Waals surface area contributed by atoms with Gasteiger partial charge in [0.25, 0.3) is 5.91 Å². The number of nitrogens with zero attached hydrogens (tertiary/aromatic N) is 1. The zero-order chi connectivity index (χ0) is 16.3. The molecule has 1 aromatic rings. The third-order valence-corrected chi connectivity index (χ3v) is 4.09. The molecule has 1 aliphatic rings. The van der Waals surface area contributed by atoms with E-state index in [2.05, 4.69) is 5.32 Å². The Kier molecular flexibility index (Phi) is 5.00. The normalized spacial score (nSPS) is 15.1. The van der Waals surface area contributed by atoms with E-state index in [1.54, 1.807) is 6.07 Å². The first-order valence-electron chi connectivity index (χ1n) is 7.61. The molecule has 0 unspecified atom stereocenters. The minimum atomic E-state index is -0.503. The molecule has 120 valence electrons. The Morgan fingerprint density at radius 3 is 2.50 bits per heavy atom. The van der Waals surface area contributed by atoms with Gasteiger partial charge >= 0.3 is 5.69 Å². The zero-order valence-electron chi connectivity index (χ0n) is 13.2. The van der Waals surface area contributed by atoms with Gasteiger partial charge in [-0.3, -0.25) is 14.9 Å². The molecule has 6 heteroatoms. The highest BCUT2D eigenvalue weighted by molar-refractivity contribution is 5.98. The average molecular weight is 306 g/mol. The van der Waals surface area contributed by atoms with Crippen LogP contribution in [-0.4, -0.2) is 24.0 Å². The summed E-state index contributed by atoms with van der Waals surface area (Å²) in [6, 6.07) is 3.33. The van der Waals surface area contributed by atoms with Gasteiger partial charge in [0.2, 0.25) is 5.75 Å². The Hall–Kier alpha value is -2.11. The molecule has 1 aromatic carbocycles. The predicted octanol–water partition coefficient (Wildman–Crippen LogP) is 3.40. The summed E-state index contributed by atoms with van der Waals surface area (Å²) >= 11 is 0. The van der Waals surface area contributed by atoms with Crippen LogP contribution in [0.5, 0.6) is 5.75 Å². The minimum absolute atomic E-state index is 0.0323. The van der Waals surface area contributed by atoms with Gasteiger partial charge < -0.3 is 10.1 Å². The van der Waals surface area contributed by atoms with Crippen molar-refractivity contribution in [1.29, 1.82) is 0 Å². The van der Waals surface area contributed by atoms with Crippen molar-refractivity contribution in [3.63, 3.8) is 0 Å². The van der Waals surface area contributed by atoms with Gasteiger partial charge in [-0.15, -0.1) is 0 Å². The van der Waals surface area contributed by atoms with Crippen molar-refractivity contribution in [3.8, 4) is 5.75 Å². The summed E-state index contributed by atoms with van der Waals surface area (Å²) in [7, 11) is 1.35. The van der Waals surface area contributed by atoms with Crippen molar-refractivity contribution >= 4 is 11.6 Å². The fourth-order valence-electron chi connectivity index (χ4n) is 2.82. The van der Waals surface area contributed by atoms with Crippen molar-refractivity contribution < 1.29 is 14.5 Å². The molecule has 0 aromatic heterocycles. The number of rotatable bonds is 5. The van der Waals surface area contributed by atoms with Crippen LogP contribution < -0.4 is 10.1 Å². The fraction of sp³-hybridized carbons (Fsp3) is 0.562. The second-order valence-electron chi connectivity index (χ2n) is 5.99. The maximum atomic E-state index is 12.5. The summed E-state index contributed by atoms with van der Waals surface area (Å²) in [4.78, 5) is 23.3. The first-order valence-corrected chi connectivity index (χ1v) is 7.61. The van der Waals surface area contributed by atoms with Crippen LogP contribution in [0.1, 0.15) is 61.4 Å². The number of hydrogen-bond donors (Lipinski definition) is 1. The number of hydrogen-bond acceptors (Lipinski definition) is 4. The predicted molar refractivity (Wildman–Crippen MR) is 83.5 cm³/mol. The first-order chi connectivity index (χ1) is 10.4. The topological polar surface area (TPSA) is 81.5 Å². The lowest BCUT2D eigenvalue weighted by Gasteiger charge is -2.16. The molecular weight excluding hydrogens is 284 g/mol. The Bertz CT molecular complexity index is 578. The lowest BCUT2D eigenvalue weighted by Crippen LogP contribution is -2.33. The molecule has 0 atom stereocenters. The maximum Gasteiger partial charge on any atom is 0.312 e. The van der Waals surface area contributed by atoms with Gasteiger partial charge in [-0.1, -0.05) is 26.7 Å². The second kappa shape index (κ2) is 6.77. The molecule has 22 heavy (non-hydrogen) atoms. The van der Waals surface area contributed by atoms with E-state index in [9.17, 15) is 14.9 Å². The number of nitro benzene ring substituents is 1. The lowest BCUT2D eigenvalue weighted by atomic mass is 9.98. The summed E-state index contributed by atoms with van der Waals surface area (Å²) in [6.45, 7) is 3.87. The van der Waals surface area contributed by atoms with Gasteiger partial charge in [-0.05, 0) is 30.4 Å². The monoisotopic (exact) mass is 306 g/mol. The average Bonchev–Trinajstić information content (AvgIpc) is 2.98. The van der Waals surface area contributed by atoms with Crippen molar-refractivity contribution in [3.05, 3.63) is 33.4 Å². The van der Waals surface area contributed by atoms with Crippen molar-refractivity contribution in [2.75, 3.05) is 7.11 Å². The number of amides is 1. The van der Waals surface area contributed by atoms with Gasteiger partial charge in [0.1, 0.15) is 0 Å². The van der Waals surface area contributed by atoms with E-state index in [4.69, 9.17) is 4.74 Å². The van der Waals surface area contributed by atoms with E-state index in [1.165, 1.54) is 13.2 Å². The molecular formula is C16H22N2O4. The molecule has 1 fully saturated rings. The molecule has 0 saturated heterocycles. The van der Waals surface area contributed by atoms with Gasteiger partial charge in [0, 0.05) is 12.1 Å². The molecule has 2 rings (SSSR count). The van der Waals surface area contributed by atoms with Crippen LogP contribution in [0.3, 0.4) is 0 Å². The van der Waals surface area contributed by atoms with E-state index < -0.39 is 4.92 Å². The maximum absolute atomic E-state index is 12.5. The van der Waals surface area contributed by atoms with Gasteiger partial charge in [-0.2, -0.15) is 0 Å². The second-order valence-corrected chi connectivity index (χ2v) is 5.99. The Balaban J connectivity index is 2.42. The van der Waals surface area contributed by atoms with Crippen LogP contribution in [0.25, 0.3) is 0 Å². The van der Waals surface area contributed by atoms with Crippen molar-refractivity contribution in [1.82, 2.24) is 5.32 Å². The summed E-state index contributed by atoms with van der Waals surface area (Å²) in [5.74, 6) is -0.179. The molecule has 1 saturated carbocycles. The van der Waals surface area contributed by atoms with Crippen molar-refractivity contribution in [2.45, 2.75) is 51.5 Å². The number of benzene rings is 1. The summed E-state index contributed by atoms with van der Waals surface area (Å²) in [5.41, 5.74) is 0.835. The van der Waals surface area contributed by atoms with Crippen LogP contribution in [0.4, 0.5) is 5.69 Å². The lowest BCUT2D eigenvalue weighted by molar-refractivity contribution is -0.385. The number of nitro groups is 1. The standard InChI is InChI=1S/C16H22N2O4/c1-10(2)11-8-13(15(22-3)14(9-11)18(20)21)16(19)17-12-6-4-5-7-12/h8-10,12H,4-7H2,1-3H3,(H,17,19). The Labute approximate surface area is 130 Å². The first kappa shape index (κ1) is 16.3. The van der Waals surface area contributed by atoms with E-state index >= 15 is 0 Å². The Morgan fingerprint density at radius 2 is 2.00 bits per heavy atom. The highest BCUT2D eigenvalue weighted by atomic mass is 16.6. The van der Waals surface area contributed by atoms with Crippen LogP contribution in [0.2, 0.25) is 0 Å². The number of ether oxygens (including phenoxy) is 1. The summed E-state index contributed by atoms with van der Waals surface area (Å²) in [6.07, 6.45) is 4.13. The molecule has 1 aliphatic carbocycles. The smallest absolute Gasteiger partial charge is 0.312 e. The largest absolute Gasteiger partial charge is 0.490 e. The zero-order valence-corrected chi connectivity index (χ0v) is 13.2. The van der Waals surface area contributed by atoms with E-state index in [-0.39, 0.29) is 34.9 Å². The highest BCUT2D eigenvalue weighted by Gasteiger charge is 2.27. The van der Waals surface area contributed by atoms with Gasteiger partial charge in [0.15, 0.2) is 0 Å². The quantitative estimate of drug-likeness (QED) is 0.667.